The molecule has 0 aromatic carbocycles. The second-order valence-electron chi connectivity index (χ2n) is 18.6. The van der Waals surface area contributed by atoms with Crippen molar-refractivity contribution in [2.75, 3.05) is 13.2 Å². The predicted molar refractivity (Wildman–Crippen MR) is 306 cm³/mol. The van der Waals surface area contributed by atoms with Crippen LogP contribution >= 0.6 is 0 Å². The van der Waals surface area contributed by atoms with Crippen LogP contribution in [0.25, 0.3) is 0 Å². The normalized spacial score (nSPS) is 13.1. The van der Waals surface area contributed by atoms with Gasteiger partial charge in [-0.05, 0) is 77.0 Å². The van der Waals surface area contributed by atoms with Crippen LogP contribution in [0.3, 0.4) is 0 Å². The minimum absolute atomic E-state index is 0.101. The average Bonchev–Trinajstić information content (AvgIpc) is 3.37. The lowest BCUT2D eigenvalue weighted by atomic mass is 10.0. The lowest BCUT2D eigenvalue weighted by Crippen LogP contribution is -2.30. The lowest BCUT2D eigenvalue weighted by Gasteiger charge is -2.18. The molecule has 1 atom stereocenters. The van der Waals surface area contributed by atoms with Crippen molar-refractivity contribution >= 4 is 17.9 Å². The van der Waals surface area contributed by atoms with Crippen LogP contribution in [-0.2, 0) is 28.6 Å². The SMILES string of the molecule is CC\C=C/C=C\C=C/C=C\C=C\C=C/C=C\CCCCCC(=O)OCC(COC(=O)CCCCCCCCCCCCCCCCC)OC(=O)CCCCCCCC/C=C\C/C=C\C/C=C\C/C=C\CC. The molecule has 0 rings (SSSR count). The summed E-state index contributed by atoms with van der Waals surface area (Å²) in [6, 6.07) is 0. The van der Waals surface area contributed by atoms with E-state index in [4.69, 9.17) is 14.2 Å². The number of carbonyl (C=O) groups is 3. The van der Waals surface area contributed by atoms with E-state index >= 15 is 0 Å². The topological polar surface area (TPSA) is 78.9 Å². The van der Waals surface area contributed by atoms with E-state index in [-0.39, 0.29) is 31.1 Å². The molecule has 71 heavy (non-hydrogen) atoms. The molecule has 0 aliphatic carbocycles. The monoisotopic (exact) mass is 981 g/mol. The van der Waals surface area contributed by atoms with Gasteiger partial charge in [-0.25, -0.2) is 0 Å². The Balaban J connectivity index is 4.53. The van der Waals surface area contributed by atoms with Gasteiger partial charge in [0.2, 0.25) is 0 Å². The van der Waals surface area contributed by atoms with Crippen LogP contribution in [0, 0.1) is 0 Å². The van der Waals surface area contributed by atoms with E-state index in [1.165, 1.54) is 89.9 Å². The summed E-state index contributed by atoms with van der Waals surface area (Å²) in [4.78, 5) is 38.2. The van der Waals surface area contributed by atoms with Crippen molar-refractivity contribution in [3.8, 4) is 0 Å². The zero-order valence-electron chi connectivity index (χ0n) is 45.7. The fourth-order valence-corrected chi connectivity index (χ4v) is 7.59. The number of allylic oxidation sites excluding steroid dienone is 22. The Hall–Kier alpha value is -4.45. The summed E-state index contributed by atoms with van der Waals surface area (Å²) in [5.74, 6) is -0.963. The first-order valence-corrected chi connectivity index (χ1v) is 28.8. The molecule has 0 saturated carbocycles. The minimum Gasteiger partial charge on any atom is -0.462 e. The van der Waals surface area contributed by atoms with Crippen LogP contribution in [0.2, 0.25) is 0 Å². The molecule has 0 bridgehead atoms. The Morgan fingerprint density at radius 1 is 0.310 bits per heavy atom. The summed E-state index contributed by atoms with van der Waals surface area (Å²) in [5, 5.41) is 0. The Kier molecular flexibility index (Phi) is 54.5. The van der Waals surface area contributed by atoms with Gasteiger partial charge in [0.1, 0.15) is 13.2 Å². The molecule has 0 heterocycles. The largest absolute Gasteiger partial charge is 0.462 e. The molecule has 6 nitrogen and oxygen atoms in total. The van der Waals surface area contributed by atoms with E-state index in [9.17, 15) is 14.4 Å². The molecule has 0 aliphatic heterocycles. The lowest BCUT2D eigenvalue weighted by molar-refractivity contribution is -0.167. The quantitative estimate of drug-likeness (QED) is 0.0199. The fourth-order valence-electron chi connectivity index (χ4n) is 7.59. The number of esters is 3. The zero-order valence-corrected chi connectivity index (χ0v) is 45.7. The summed E-state index contributed by atoms with van der Waals surface area (Å²) < 4.78 is 16.8. The maximum absolute atomic E-state index is 12.9. The van der Waals surface area contributed by atoms with Gasteiger partial charge in [-0.1, -0.05) is 276 Å². The van der Waals surface area contributed by atoms with Crippen molar-refractivity contribution in [2.24, 2.45) is 0 Å². The highest BCUT2D eigenvalue weighted by atomic mass is 16.6. The van der Waals surface area contributed by atoms with Crippen LogP contribution < -0.4 is 0 Å². The molecule has 1 unspecified atom stereocenters. The Labute approximate surface area is 436 Å². The number of ether oxygens (including phenoxy) is 3. The summed E-state index contributed by atoms with van der Waals surface area (Å²) in [5.41, 5.74) is 0. The van der Waals surface area contributed by atoms with Gasteiger partial charge in [0.25, 0.3) is 0 Å². The zero-order chi connectivity index (χ0) is 51.4. The fraction of sp³-hybridized carbons (Fsp3) is 0.615. The van der Waals surface area contributed by atoms with Crippen molar-refractivity contribution in [3.63, 3.8) is 0 Å². The molecule has 0 amide bonds. The molecule has 0 radical (unpaired) electrons. The molecule has 0 spiro atoms. The van der Waals surface area contributed by atoms with Crippen molar-refractivity contribution < 1.29 is 28.6 Å². The Morgan fingerprint density at radius 3 is 1.04 bits per heavy atom. The first kappa shape index (κ1) is 66.6. The van der Waals surface area contributed by atoms with Gasteiger partial charge in [-0.2, -0.15) is 0 Å². The summed E-state index contributed by atoms with van der Waals surface area (Å²) in [7, 11) is 0. The van der Waals surface area contributed by atoms with Gasteiger partial charge in [-0.15, -0.1) is 0 Å². The second kappa shape index (κ2) is 58.1. The van der Waals surface area contributed by atoms with Crippen LogP contribution in [0.5, 0.6) is 0 Å². The van der Waals surface area contributed by atoms with Gasteiger partial charge in [0, 0.05) is 19.3 Å². The summed E-state index contributed by atoms with van der Waals surface area (Å²) in [6.07, 6.45) is 81.4. The number of rotatable bonds is 50. The third kappa shape index (κ3) is 56.3. The summed E-state index contributed by atoms with van der Waals surface area (Å²) in [6.45, 7) is 6.33. The average molecular weight is 982 g/mol. The van der Waals surface area contributed by atoms with Gasteiger partial charge in [-0.3, -0.25) is 14.4 Å². The number of hydrogen-bond donors (Lipinski definition) is 0. The second-order valence-corrected chi connectivity index (χ2v) is 18.6. The van der Waals surface area contributed by atoms with Gasteiger partial charge in [0.05, 0.1) is 0 Å². The van der Waals surface area contributed by atoms with E-state index in [0.29, 0.717) is 19.3 Å². The molecule has 0 aliphatic rings. The standard InChI is InChI=1S/C65H104O6/c1-4-7-10-13-16-19-22-25-28-30-32-34-37-40-43-46-49-52-55-58-64(67)70-61-62(60-69-63(66)57-54-51-48-45-42-39-36-27-24-21-18-15-12-9-6-3)71-65(68)59-56-53-50-47-44-41-38-35-33-31-29-26-23-20-17-14-11-8-5-2/h7-8,10-11,13,16-17,19-20,22,25-26,28-30,32-35,37,40,43,62H,4-6,9,12,14-15,18,21,23-24,27,31,36,38-39,41-42,44-61H2,1-3H3/b10-7-,11-8-,16-13-,20-17-,22-19-,28-25-,29-26-,32-30+,35-33-,37-34-,43-40-. The highest BCUT2D eigenvalue weighted by Crippen LogP contribution is 2.15. The highest BCUT2D eigenvalue weighted by molar-refractivity contribution is 5.71. The van der Waals surface area contributed by atoms with Crippen molar-refractivity contribution in [1.82, 2.24) is 0 Å². The Morgan fingerprint density at radius 2 is 0.620 bits per heavy atom. The number of carbonyl (C=O) groups excluding carboxylic acids is 3. The molecule has 0 aromatic heterocycles. The van der Waals surface area contributed by atoms with Crippen molar-refractivity contribution in [2.45, 2.75) is 245 Å². The van der Waals surface area contributed by atoms with Crippen LogP contribution in [0.4, 0.5) is 0 Å². The van der Waals surface area contributed by atoms with Crippen LogP contribution in [0.1, 0.15) is 239 Å². The minimum atomic E-state index is -0.809. The van der Waals surface area contributed by atoms with Crippen molar-refractivity contribution in [1.29, 1.82) is 0 Å². The molecule has 0 aromatic rings. The number of hydrogen-bond acceptors (Lipinski definition) is 6. The van der Waals surface area contributed by atoms with E-state index < -0.39 is 6.10 Å². The molecular weight excluding hydrogens is 877 g/mol. The smallest absolute Gasteiger partial charge is 0.306 e. The van der Waals surface area contributed by atoms with Crippen molar-refractivity contribution in [3.05, 3.63) is 134 Å². The molecule has 0 saturated heterocycles. The number of unbranched alkanes of at least 4 members (excludes halogenated alkanes) is 23. The molecule has 6 heteroatoms. The molecule has 0 N–H and O–H groups in total. The first-order valence-electron chi connectivity index (χ1n) is 28.8. The van der Waals surface area contributed by atoms with Gasteiger partial charge >= 0.3 is 17.9 Å². The maximum atomic E-state index is 12.9. The highest BCUT2D eigenvalue weighted by Gasteiger charge is 2.19. The maximum Gasteiger partial charge on any atom is 0.306 e. The molecule has 0 fully saturated rings. The third-order valence-electron chi connectivity index (χ3n) is 11.8. The first-order chi connectivity index (χ1) is 35.0. The van der Waals surface area contributed by atoms with E-state index in [2.05, 4.69) is 81.5 Å². The van der Waals surface area contributed by atoms with Gasteiger partial charge in [0.15, 0.2) is 6.10 Å². The molecule has 400 valence electrons. The van der Waals surface area contributed by atoms with Crippen LogP contribution in [0.15, 0.2) is 134 Å². The Bertz CT molecular complexity index is 1550. The molecular formula is C65H104O6. The van der Waals surface area contributed by atoms with Crippen LogP contribution in [-0.4, -0.2) is 37.2 Å². The van der Waals surface area contributed by atoms with E-state index in [1.807, 2.05) is 72.9 Å². The van der Waals surface area contributed by atoms with E-state index in [1.54, 1.807) is 0 Å². The summed E-state index contributed by atoms with van der Waals surface area (Å²) >= 11 is 0. The van der Waals surface area contributed by atoms with E-state index in [0.717, 1.165) is 109 Å². The predicted octanol–water partition coefficient (Wildman–Crippen LogP) is 19.4. The third-order valence-corrected chi connectivity index (χ3v) is 11.8. The van der Waals surface area contributed by atoms with Gasteiger partial charge < -0.3 is 14.2 Å².